The zero-order chi connectivity index (χ0) is 13.5. The fourth-order valence-electron chi connectivity index (χ4n) is 2.99. The van der Waals surface area contributed by atoms with Gasteiger partial charge >= 0.3 is 0 Å². The molecule has 1 fully saturated rings. The smallest absolute Gasteiger partial charge is 0.170 e. The second-order valence-corrected chi connectivity index (χ2v) is 6.00. The zero-order valence-electron chi connectivity index (χ0n) is 11.8. The topological polar surface area (TPSA) is 43.1 Å². The average molecular weight is 245 g/mol. The van der Waals surface area contributed by atoms with Crippen LogP contribution in [0.3, 0.4) is 0 Å². The molecule has 0 saturated heterocycles. The first-order valence-electron chi connectivity index (χ1n) is 6.74. The van der Waals surface area contributed by atoms with E-state index < -0.39 is 0 Å². The van der Waals surface area contributed by atoms with Crippen molar-refractivity contribution in [2.75, 3.05) is 0 Å². The average Bonchev–Trinajstić information content (AvgIpc) is 2.65. The van der Waals surface area contributed by atoms with E-state index in [9.17, 15) is 4.79 Å². The monoisotopic (exact) mass is 245 g/mol. The summed E-state index contributed by atoms with van der Waals surface area (Å²) < 4.78 is 0. The van der Waals surface area contributed by atoms with Crippen LogP contribution in [0.5, 0.6) is 0 Å². The van der Waals surface area contributed by atoms with Crippen molar-refractivity contribution < 1.29 is 4.79 Å². The zero-order valence-corrected chi connectivity index (χ0v) is 11.8. The Balaban J connectivity index is 2.43. The molecule has 2 atom stereocenters. The van der Waals surface area contributed by atoms with Gasteiger partial charge < -0.3 is 5.73 Å². The molecule has 1 aromatic rings. The fraction of sp³-hybridized carbons (Fsp3) is 0.562. The molecule has 2 rings (SSSR count). The van der Waals surface area contributed by atoms with Gasteiger partial charge in [-0.15, -0.1) is 0 Å². The maximum Gasteiger partial charge on any atom is 0.170 e. The molecule has 1 aliphatic rings. The number of carbonyl (C=O) groups is 1. The predicted octanol–water partition coefficient (Wildman–Crippen LogP) is 3.31. The molecule has 1 saturated carbocycles. The van der Waals surface area contributed by atoms with Crippen LogP contribution in [0, 0.1) is 26.2 Å². The highest BCUT2D eigenvalue weighted by Gasteiger charge is 2.43. The third-order valence-electron chi connectivity index (χ3n) is 4.63. The van der Waals surface area contributed by atoms with Crippen molar-refractivity contribution in [2.45, 2.75) is 53.0 Å². The Morgan fingerprint density at radius 1 is 1.22 bits per heavy atom. The van der Waals surface area contributed by atoms with Crippen molar-refractivity contribution in [1.29, 1.82) is 0 Å². The molecule has 2 heteroatoms. The number of aryl methyl sites for hydroxylation is 3. The molecule has 2 nitrogen and oxygen atoms in total. The summed E-state index contributed by atoms with van der Waals surface area (Å²) in [4.78, 5) is 12.8. The molecular formula is C16H23NO. The summed E-state index contributed by atoms with van der Waals surface area (Å²) in [5, 5.41) is 0. The number of nitrogens with two attached hydrogens (primary N) is 1. The van der Waals surface area contributed by atoms with E-state index in [2.05, 4.69) is 19.9 Å². The normalized spacial score (nSPS) is 27.5. The molecule has 0 amide bonds. The number of hydrogen-bond acceptors (Lipinski definition) is 2. The minimum atomic E-state index is -0.369. The number of carbonyl (C=O) groups excluding carboxylic acids is 1. The molecule has 98 valence electrons. The van der Waals surface area contributed by atoms with Crippen molar-refractivity contribution in [2.24, 2.45) is 11.1 Å². The SMILES string of the molecule is Cc1cc(C)c(C(=O)C2(C)CCCC2N)cc1C. The second kappa shape index (κ2) is 4.51. The Kier molecular flexibility index (Phi) is 3.33. The molecular weight excluding hydrogens is 222 g/mol. The highest BCUT2D eigenvalue weighted by molar-refractivity contribution is 6.02. The lowest BCUT2D eigenvalue weighted by atomic mass is 9.76. The van der Waals surface area contributed by atoms with Crippen LogP contribution < -0.4 is 5.73 Å². The van der Waals surface area contributed by atoms with E-state index in [0.717, 1.165) is 30.4 Å². The highest BCUT2D eigenvalue weighted by Crippen LogP contribution is 2.40. The molecule has 0 radical (unpaired) electrons. The summed E-state index contributed by atoms with van der Waals surface area (Å²) in [6.07, 6.45) is 2.94. The number of benzene rings is 1. The van der Waals surface area contributed by atoms with E-state index in [1.807, 2.05) is 19.9 Å². The second-order valence-electron chi connectivity index (χ2n) is 6.00. The summed E-state index contributed by atoms with van der Waals surface area (Å²) in [6, 6.07) is 4.14. The summed E-state index contributed by atoms with van der Waals surface area (Å²) >= 11 is 0. The molecule has 0 aliphatic heterocycles. The number of Topliss-reactive ketones (excluding diaryl/α,β-unsaturated/α-hetero) is 1. The summed E-state index contributed by atoms with van der Waals surface area (Å²) in [5.74, 6) is 0.230. The van der Waals surface area contributed by atoms with Crippen LogP contribution in [0.15, 0.2) is 12.1 Å². The minimum Gasteiger partial charge on any atom is -0.327 e. The first-order chi connectivity index (χ1) is 8.36. The van der Waals surface area contributed by atoms with Gasteiger partial charge in [0.15, 0.2) is 5.78 Å². The van der Waals surface area contributed by atoms with Crippen molar-refractivity contribution >= 4 is 5.78 Å². The lowest BCUT2D eigenvalue weighted by Crippen LogP contribution is -2.41. The quantitative estimate of drug-likeness (QED) is 0.812. The molecule has 2 N–H and O–H groups in total. The van der Waals surface area contributed by atoms with Gasteiger partial charge in [0.1, 0.15) is 0 Å². The van der Waals surface area contributed by atoms with Crippen LogP contribution >= 0.6 is 0 Å². The van der Waals surface area contributed by atoms with Crippen molar-refractivity contribution in [3.05, 3.63) is 34.4 Å². The van der Waals surface area contributed by atoms with E-state index in [-0.39, 0.29) is 17.2 Å². The van der Waals surface area contributed by atoms with E-state index in [4.69, 9.17) is 5.73 Å². The van der Waals surface area contributed by atoms with Gasteiger partial charge in [-0.2, -0.15) is 0 Å². The first-order valence-corrected chi connectivity index (χ1v) is 6.74. The van der Waals surface area contributed by atoms with Gasteiger partial charge in [-0.1, -0.05) is 19.4 Å². The van der Waals surface area contributed by atoms with Gasteiger partial charge in [0.2, 0.25) is 0 Å². The van der Waals surface area contributed by atoms with Gasteiger partial charge in [-0.3, -0.25) is 4.79 Å². The fourth-order valence-corrected chi connectivity index (χ4v) is 2.99. The molecule has 18 heavy (non-hydrogen) atoms. The van der Waals surface area contributed by atoms with Gasteiger partial charge in [-0.25, -0.2) is 0 Å². The van der Waals surface area contributed by atoms with Gasteiger partial charge in [0.25, 0.3) is 0 Å². The largest absolute Gasteiger partial charge is 0.327 e. The van der Waals surface area contributed by atoms with Crippen LogP contribution in [0.1, 0.15) is 53.2 Å². The van der Waals surface area contributed by atoms with E-state index in [0.29, 0.717) is 0 Å². The van der Waals surface area contributed by atoms with Crippen LogP contribution in [0.2, 0.25) is 0 Å². The number of ketones is 1. The molecule has 2 unspecified atom stereocenters. The third kappa shape index (κ3) is 1.99. The Hall–Kier alpha value is -1.15. The van der Waals surface area contributed by atoms with Crippen molar-refractivity contribution in [3.63, 3.8) is 0 Å². The predicted molar refractivity (Wildman–Crippen MR) is 74.9 cm³/mol. The Morgan fingerprint density at radius 3 is 2.39 bits per heavy atom. The van der Waals surface area contributed by atoms with Crippen LogP contribution in [0.4, 0.5) is 0 Å². The molecule has 0 spiro atoms. The Bertz CT molecular complexity index is 492. The molecule has 0 bridgehead atoms. The van der Waals surface area contributed by atoms with E-state index in [1.54, 1.807) is 0 Å². The Labute approximate surface area is 110 Å². The summed E-state index contributed by atoms with van der Waals surface area (Å²) in [5.41, 5.74) is 10.1. The first kappa shape index (κ1) is 13.3. The highest BCUT2D eigenvalue weighted by atomic mass is 16.1. The number of hydrogen-bond donors (Lipinski definition) is 1. The summed E-state index contributed by atoms with van der Waals surface area (Å²) in [7, 11) is 0. The third-order valence-corrected chi connectivity index (χ3v) is 4.63. The van der Waals surface area contributed by atoms with Crippen LogP contribution in [0.25, 0.3) is 0 Å². The standard InChI is InChI=1S/C16H23NO/c1-10-8-12(3)13(9-11(10)2)15(18)16(4)7-5-6-14(16)17/h8-9,14H,5-7,17H2,1-4H3. The minimum absolute atomic E-state index is 0.00556. The van der Waals surface area contributed by atoms with Crippen molar-refractivity contribution in [1.82, 2.24) is 0 Å². The van der Waals surface area contributed by atoms with E-state index in [1.165, 1.54) is 11.1 Å². The van der Waals surface area contributed by atoms with Crippen molar-refractivity contribution in [3.8, 4) is 0 Å². The lowest BCUT2D eigenvalue weighted by Gasteiger charge is -2.28. The maximum atomic E-state index is 12.8. The van der Waals surface area contributed by atoms with E-state index >= 15 is 0 Å². The molecule has 1 aromatic carbocycles. The molecule has 0 aromatic heterocycles. The van der Waals surface area contributed by atoms with Crippen LogP contribution in [-0.2, 0) is 0 Å². The van der Waals surface area contributed by atoms with Gasteiger partial charge in [0, 0.05) is 17.0 Å². The van der Waals surface area contributed by atoms with Crippen LogP contribution in [-0.4, -0.2) is 11.8 Å². The summed E-state index contributed by atoms with van der Waals surface area (Å²) in [6.45, 7) is 8.19. The molecule has 0 heterocycles. The lowest BCUT2D eigenvalue weighted by molar-refractivity contribution is 0.0802. The Morgan fingerprint density at radius 2 is 1.83 bits per heavy atom. The number of rotatable bonds is 2. The van der Waals surface area contributed by atoms with Gasteiger partial charge in [-0.05, 0) is 56.4 Å². The van der Waals surface area contributed by atoms with Gasteiger partial charge in [0.05, 0.1) is 0 Å². The maximum absolute atomic E-state index is 12.8. The molecule has 1 aliphatic carbocycles.